The fourth-order valence-corrected chi connectivity index (χ4v) is 3.44. The summed E-state index contributed by atoms with van der Waals surface area (Å²) in [6.45, 7) is 1.00. The van der Waals surface area contributed by atoms with Crippen LogP contribution in [0.2, 0.25) is 5.02 Å². The largest absolute Gasteiger partial charge is 0.497 e. The summed E-state index contributed by atoms with van der Waals surface area (Å²) in [5.41, 5.74) is 3.45. The molecule has 0 unspecified atom stereocenters. The van der Waals surface area contributed by atoms with Crippen LogP contribution in [0.4, 0.5) is 5.69 Å². The predicted octanol–water partition coefficient (Wildman–Crippen LogP) is 5.17. The van der Waals surface area contributed by atoms with E-state index >= 15 is 0 Å². The number of hydrogen-bond acceptors (Lipinski definition) is 5. The van der Waals surface area contributed by atoms with Crippen LogP contribution in [0.5, 0.6) is 11.5 Å². The smallest absolute Gasteiger partial charge is 0.257 e. The molecule has 0 saturated carbocycles. The number of hydrogen-bond donors (Lipinski definition) is 2. The van der Waals surface area contributed by atoms with E-state index in [2.05, 4.69) is 15.3 Å². The standard InChI is InChI=1S/C24H22ClN3O4/c1-30-8-9-32-19-5-3-4-15(11-19)22-12-16-10-17(14-26-23(16)28-22)27-24(29)20-13-18(31-2)6-7-21(20)25/h3-7,10-14H,8-9H2,1-2H3,(H,26,28)(H,27,29). The van der Waals surface area contributed by atoms with Gasteiger partial charge in [0.1, 0.15) is 23.8 Å². The minimum Gasteiger partial charge on any atom is -0.497 e. The Morgan fingerprint density at radius 3 is 2.75 bits per heavy atom. The van der Waals surface area contributed by atoms with E-state index in [1.807, 2.05) is 36.4 Å². The molecule has 0 saturated heterocycles. The first-order valence-corrected chi connectivity index (χ1v) is 10.3. The predicted molar refractivity (Wildman–Crippen MR) is 125 cm³/mol. The molecule has 0 aliphatic carbocycles. The highest BCUT2D eigenvalue weighted by molar-refractivity contribution is 6.34. The molecule has 0 fully saturated rings. The first-order valence-electron chi connectivity index (χ1n) is 9.93. The van der Waals surface area contributed by atoms with Crippen LogP contribution in [0.25, 0.3) is 22.3 Å². The fourth-order valence-electron chi connectivity index (χ4n) is 3.24. The number of benzene rings is 2. The van der Waals surface area contributed by atoms with Gasteiger partial charge in [-0.15, -0.1) is 0 Å². The topological polar surface area (TPSA) is 85.5 Å². The SMILES string of the molecule is COCCOc1cccc(-c2cc3cc(NC(=O)c4cc(OC)ccc4Cl)cnc3[nH]2)c1. The van der Waals surface area contributed by atoms with Gasteiger partial charge < -0.3 is 24.5 Å². The maximum Gasteiger partial charge on any atom is 0.257 e. The van der Waals surface area contributed by atoms with E-state index in [1.54, 1.807) is 31.5 Å². The second kappa shape index (κ2) is 9.72. The summed E-state index contributed by atoms with van der Waals surface area (Å²) in [7, 11) is 3.17. The molecule has 4 aromatic rings. The van der Waals surface area contributed by atoms with Gasteiger partial charge in [-0.3, -0.25) is 4.79 Å². The molecule has 164 valence electrons. The summed E-state index contributed by atoms with van der Waals surface area (Å²) in [6.07, 6.45) is 1.60. The van der Waals surface area contributed by atoms with Crippen LogP contribution < -0.4 is 14.8 Å². The fraction of sp³-hybridized carbons (Fsp3) is 0.167. The molecule has 0 atom stereocenters. The van der Waals surface area contributed by atoms with Crippen LogP contribution in [-0.2, 0) is 4.74 Å². The minimum atomic E-state index is -0.341. The molecule has 1 amide bonds. The summed E-state index contributed by atoms with van der Waals surface area (Å²) < 4.78 is 15.9. The van der Waals surface area contributed by atoms with E-state index in [0.29, 0.717) is 40.9 Å². The number of fused-ring (bicyclic) bond motifs is 1. The van der Waals surface area contributed by atoms with Crippen molar-refractivity contribution in [1.82, 2.24) is 9.97 Å². The van der Waals surface area contributed by atoms with Gasteiger partial charge in [0.2, 0.25) is 0 Å². The number of methoxy groups -OCH3 is 2. The summed E-state index contributed by atoms with van der Waals surface area (Å²) in [5.74, 6) is 0.970. The molecule has 0 bridgehead atoms. The van der Waals surface area contributed by atoms with Gasteiger partial charge in [-0.25, -0.2) is 4.98 Å². The monoisotopic (exact) mass is 451 g/mol. The van der Waals surface area contributed by atoms with Crippen molar-refractivity contribution in [3.63, 3.8) is 0 Å². The third-order valence-corrected chi connectivity index (χ3v) is 5.18. The van der Waals surface area contributed by atoms with Gasteiger partial charge >= 0.3 is 0 Å². The van der Waals surface area contributed by atoms with Crippen LogP contribution >= 0.6 is 11.6 Å². The Balaban J connectivity index is 1.55. The quantitative estimate of drug-likeness (QED) is 0.361. The third kappa shape index (κ3) is 4.85. The van der Waals surface area contributed by atoms with Crippen LogP contribution in [0.3, 0.4) is 0 Å². The highest BCUT2D eigenvalue weighted by Crippen LogP contribution is 2.28. The number of halogens is 1. The number of carbonyl (C=O) groups is 1. The molecule has 8 heteroatoms. The molecule has 2 aromatic carbocycles. The highest BCUT2D eigenvalue weighted by Gasteiger charge is 2.13. The van der Waals surface area contributed by atoms with Crippen molar-refractivity contribution in [2.45, 2.75) is 0 Å². The lowest BCUT2D eigenvalue weighted by Gasteiger charge is -2.08. The number of H-pyrrole nitrogens is 1. The number of carbonyl (C=O) groups excluding carboxylic acids is 1. The van der Waals surface area contributed by atoms with Crippen LogP contribution in [0.15, 0.2) is 60.8 Å². The summed E-state index contributed by atoms with van der Waals surface area (Å²) in [4.78, 5) is 20.4. The number of aromatic nitrogens is 2. The first-order chi connectivity index (χ1) is 15.6. The maximum absolute atomic E-state index is 12.7. The van der Waals surface area contributed by atoms with Crippen molar-refractivity contribution < 1.29 is 19.0 Å². The van der Waals surface area contributed by atoms with E-state index in [1.165, 1.54) is 7.11 Å². The second-order valence-corrected chi connectivity index (χ2v) is 7.42. The van der Waals surface area contributed by atoms with E-state index < -0.39 is 0 Å². The van der Waals surface area contributed by atoms with Gasteiger partial charge in [0.25, 0.3) is 5.91 Å². The molecule has 2 aromatic heterocycles. The Kier molecular flexibility index (Phi) is 6.58. The zero-order chi connectivity index (χ0) is 22.5. The van der Waals surface area contributed by atoms with E-state index in [0.717, 1.165) is 22.4 Å². The Bertz CT molecular complexity index is 1260. The van der Waals surface area contributed by atoms with Gasteiger partial charge in [-0.1, -0.05) is 23.7 Å². The van der Waals surface area contributed by atoms with E-state index in [-0.39, 0.29) is 5.91 Å². The molecule has 0 aliphatic rings. The maximum atomic E-state index is 12.7. The number of pyridine rings is 1. The highest BCUT2D eigenvalue weighted by atomic mass is 35.5. The third-order valence-electron chi connectivity index (χ3n) is 4.85. The van der Waals surface area contributed by atoms with Crippen LogP contribution in [-0.4, -0.2) is 43.3 Å². The molecular formula is C24H22ClN3O4. The van der Waals surface area contributed by atoms with Crippen molar-refractivity contribution in [2.75, 3.05) is 32.8 Å². The molecular weight excluding hydrogens is 430 g/mol. The number of nitrogens with zero attached hydrogens (tertiary/aromatic N) is 1. The molecule has 0 spiro atoms. The number of amides is 1. The molecule has 0 radical (unpaired) electrons. The summed E-state index contributed by atoms with van der Waals surface area (Å²) >= 11 is 6.18. The zero-order valence-electron chi connectivity index (χ0n) is 17.6. The normalized spacial score (nSPS) is 10.8. The first kappa shape index (κ1) is 21.7. The van der Waals surface area contributed by atoms with Crippen LogP contribution in [0, 0.1) is 0 Å². The van der Waals surface area contributed by atoms with Gasteiger partial charge in [-0.2, -0.15) is 0 Å². The van der Waals surface area contributed by atoms with Crippen LogP contribution in [0.1, 0.15) is 10.4 Å². The van der Waals surface area contributed by atoms with Gasteiger partial charge in [0.05, 0.1) is 36.2 Å². The summed E-state index contributed by atoms with van der Waals surface area (Å²) in [6, 6.07) is 16.5. The molecule has 0 aliphatic heterocycles. The molecule has 4 rings (SSSR count). The molecule has 32 heavy (non-hydrogen) atoms. The van der Waals surface area contributed by atoms with Crippen molar-refractivity contribution >= 4 is 34.2 Å². The number of nitrogens with one attached hydrogen (secondary N) is 2. The average Bonchev–Trinajstić information content (AvgIpc) is 3.23. The van der Waals surface area contributed by atoms with Gasteiger partial charge in [-0.05, 0) is 42.5 Å². The Morgan fingerprint density at radius 1 is 1.06 bits per heavy atom. The number of anilines is 1. The average molecular weight is 452 g/mol. The van der Waals surface area contributed by atoms with Gasteiger partial charge in [0.15, 0.2) is 0 Å². The number of rotatable bonds is 8. The summed E-state index contributed by atoms with van der Waals surface area (Å²) in [5, 5.41) is 4.05. The minimum absolute atomic E-state index is 0.325. The molecule has 2 heterocycles. The lowest BCUT2D eigenvalue weighted by molar-refractivity contribution is 0.102. The van der Waals surface area contributed by atoms with Crippen molar-refractivity contribution in [2.24, 2.45) is 0 Å². The Morgan fingerprint density at radius 2 is 1.94 bits per heavy atom. The molecule has 7 nitrogen and oxygen atoms in total. The molecule has 2 N–H and O–H groups in total. The van der Waals surface area contributed by atoms with Gasteiger partial charge in [0, 0.05) is 23.8 Å². The zero-order valence-corrected chi connectivity index (χ0v) is 18.4. The van der Waals surface area contributed by atoms with Crippen molar-refractivity contribution in [3.8, 4) is 22.8 Å². The Labute approximate surface area is 190 Å². The number of ether oxygens (including phenoxy) is 3. The lowest BCUT2D eigenvalue weighted by Crippen LogP contribution is -2.12. The second-order valence-electron chi connectivity index (χ2n) is 7.01. The lowest BCUT2D eigenvalue weighted by atomic mass is 10.1. The van der Waals surface area contributed by atoms with Crippen molar-refractivity contribution in [1.29, 1.82) is 0 Å². The van der Waals surface area contributed by atoms with E-state index in [9.17, 15) is 4.79 Å². The Hall–Kier alpha value is -3.55. The van der Waals surface area contributed by atoms with E-state index in [4.69, 9.17) is 25.8 Å². The van der Waals surface area contributed by atoms with Crippen molar-refractivity contribution in [3.05, 3.63) is 71.4 Å². The number of aromatic amines is 1.